The maximum Gasteiger partial charge on any atom is 0.240 e. The van der Waals surface area contributed by atoms with Crippen LogP contribution in [0.5, 0.6) is 0 Å². The van der Waals surface area contributed by atoms with Crippen LogP contribution in [0.1, 0.15) is 37.4 Å². The molecule has 2 heterocycles. The van der Waals surface area contributed by atoms with Crippen molar-refractivity contribution in [2.75, 3.05) is 20.1 Å². The Labute approximate surface area is 119 Å². The fourth-order valence-corrected chi connectivity index (χ4v) is 2.88. The number of rotatable bonds is 4. The van der Waals surface area contributed by atoms with Crippen LogP contribution in [0.4, 0.5) is 0 Å². The average Bonchev–Trinajstić information content (AvgIpc) is 3.22. The van der Waals surface area contributed by atoms with Gasteiger partial charge in [-0.05, 0) is 39.2 Å². The van der Waals surface area contributed by atoms with Gasteiger partial charge < -0.3 is 9.42 Å². The summed E-state index contributed by atoms with van der Waals surface area (Å²) < 4.78 is 5.18. The summed E-state index contributed by atoms with van der Waals surface area (Å²) in [5.74, 6) is 1.97. The van der Waals surface area contributed by atoms with Crippen LogP contribution in [-0.4, -0.2) is 52.0 Å². The molecule has 6 heteroatoms. The molecule has 1 aromatic rings. The molecule has 2 fully saturated rings. The first-order chi connectivity index (χ1) is 9.63. The van der Waals surface area contributed by atoms with Crippen molar-refractivity contribution in [2.45, 2.75) is 45.2 Å². The third-order valence-corrected chi connectivity index (χ3v) is 4.23. The zero-order chi connectivity index (χ0) is 14.1. The minimum atomic E-state index is 0.300. The minimum absolute atomic E-state index is 0.300. The van der Waals surface area contributed by atoms with Crippen LogP contribution in [0, 0.1) is 12.8 Å². The molecule has 1 atom stereocenters. The van der Waals surface area contributed by atoms with Crippen molar-refractivity contribution in [1.29, 1.82) is 0 Å². The van der Waals surface area contributed by atoms with Crippen molar-refractivity contribution in [3.05, 3.63) is 11.7 Å². The molecule has 0 bridgehead atoms. The van der Waals surface area contributed by atoms with E-state index in [2.05, 4.69) is 15.0 Å². The summed E-state index contributed by atoms with van der Waals surface area (Å²) in [6, 6.07) is 0.320. The van der Waals surface area contributed by atoms with E-state index in [1.165, 1.54) is 0 Å². The van der Waals surface area contributed by atoms with Gasteiger partial charge in [0.2, 0.25) is 11.8 Å². The van der Waals surface area contributed by atoms with Crippen molar-refractivity contribution in [2.24, 2.45) is 5.92 Å². The lowest BCUT2D eigenvalue weighted by Gasteiger charge is -2.37. The summed E-state index contributed by atoms with van der Waals surface area (Å²) in [6.07, 6.45) is 4.34. The Bertz CT molecular complexity index is 483. The van der Waals surface area contributed by atoms with Gasteiger partial charge in [0.05, 0.1) is 6.54 Å². The summed E-state index contributed by atoms with van der Waals surface area (Å²) in [6.45, 7) is 4.44. The van der Waals surface area contributed by atoms with Crippen LogP contribution in [-0.2, 0) is 11.3 Å². The molecule has 1 saturated carbocycles. The molecular formula is C14H22N4O2. The predicted molar refractivity (Wildman–Crippen MR) is 72.8 cm³/mol. The average molecular weight is 278 g/mol. The molecule has 1 aliphatic carbocycles. The van der Waals surface area contributed by atoms with E-state index in [0.29, 0.717) is 36.1 Å². The standard InChI is InChI=1S/C14H22N4O2/c1-10-15-13(20-16-10)9-18-7-3-4-12(8-18)17(2)14(19)11-5-6-11/h11-12H,3-9H2,1-2H3. The second kappa shape index (κ2) is 5.52. The summed E-state index contributed by atoms with van der Waals surface area (Å²) in [7, 11) is 1.95. The lowest BCUT2D eigenvalue weighted by atomic mass is 10.0. The zero-order valence-corrected chi connectivity index (χ0v) is 12.2. The van der Waals surface area contributed by atoms with Crippen LogP contribution >= 0.6 is 0 Å². The van der Waals surface area contributed by atoms with Gasteiger partial charge in [-0.25, -0.2) is 0 Å². The van der Waals surface area contributed by atoms with Gasteiger partial charge >= 0.3 is 0 Å². The van der Waals surface area contributed by atoms with E-state index < -0.39 is 0 Å². The fraction of sp³-hybridized carbons (Fsp3) is 0.786. The lowest BCUT2D eigenvalue weighted by Crippen LogP contribution is -2.48. The second-order valence-corrected chi connectivity index (χ2v) is 5.99. The number of likely N-dealkylation sites (tertiary alicyclic amines) is 1. The van der Waals surface area contributed by atoms with Crippen LogP contribution < -0.4 is 0 Å². The van der Waals surface area contributed by atoms with Gasteiger partial charge in [-0.2, -0.15) is 4.98 Å². The van der Waals surface area contributed by atoms with Gasteiger partial charge in [0, 0.05) is 25.6 Å². The third kappa shape index (κ3) is 3.00. The Hall–Kier alpha value is -1.43. The van der Waals surface area contributed by atoms with Crippen LogP contribution in [0.25, 0.3) is 0 Å². The Morgan fingerprint density at radius 2 is 2.25 bits per heavy atom. The van der Waals surface area contributed by atoms with E-state index in [1.807, 2.05) is 18.9 Å². The molecule has 2 aliphatic rings. The highest BCUT2D eigenvalue weighted by Gasteiger charge is 2.35. The number of nitrogens with zero attached hydrogens (tertiary/aromatic N) is 4. The highest BCUT2D eigenvalue weighted by Crippen LogP contribution is 2.32. The lowest BCUT2D eigenvalue weighted by molar-refractivity contribution is -0.134. The van der Waals surface area contributed by atoms with Crippen molar-refractivity contribution < 1.29 is 9.32 Å². The Morgan fingerprint density at radius 1 is 1.45 bits per heavy atom. The number of aryl methyl sites for hydroxylation is 1. The van der Waals surface area contributed by atoms with Gasteiger partial charge in [-0.15, -0.1) is 0 Å². The second-order valence-electron chi connectivity index (χ2n) is 5.99. The monoisotopic (exact) mass is 278 g/mol. The van der Waals surface area contributed by atoms with E-state index in [0.717, 1.165) is 38.8 Å². The third-order valence-electron chi connectivity index (χ3n) is 4.23. The molecule has 0 spiro atoms. The van der Waals surface area contributed by atoms with E-state index in [-0.39, 0.29) is 0 Å². The van der Waals surface area contributed by atoms with Gasteiger partial charge in [0.25, 0.3) is 0 Å². The van der Waals surface area contributed by atoms with Crippen molar-refractivity contribution in [3.8, 4) is 0 Å². The first kappa shape index (κ1) is 13.5. The molecule has 1 amide bonds. The topological polar surface area (TPSA) is 62.5 Å². The summed E-state index contributed by atoms with van der Waals surface area (Å²) >= 11 is 0. The number of aromatic nitrogens is 2. The largest absolute Gasteiger partial charge is 0.341 e. The maximum absolute atomic E-state index is 12.1. The molecule has 1 aliphatic heterocycles. The van der Waals surface area contributed by atoms with Crippen LogP contribution in [0.3, 0.4) is 0 Å². The van der Waals surface area contributed by atoms with Gasteiger partial charge in [-0.1, -0.05) is 5.16 Å². The molecule has 1 aromatic heterocycles. The van der Waals surface area contributed by atoms with E-state index in [4.69, 9.17) is 4.52 Å². The van der Waals surface area contributed by atoms with E-state index >= 15 is 0 Å². The zero-order valence-electron chi connectivity index (χ0n) is 12.2. The first-order valence-corrected chi connectivity index (χ1v) is 7.41. The van der Waals surface area contributed by atoms with Gasteiger partial charge in [-0.3, -0.25) is 9.69 Å². The number of carbonyl (C=O) groups is 1. The number of amides is 1. The number of hydrogen-bond donors (Lipinski definition) is 0. The fourth-order valence-electron chi connectivity index (χ4n) is 2.88. The van der Waals surface area contributed by atoms with Crippen molar-refractivity contribution >= 4 is 5.91 Å². The Kier molecular flexibility index (Phi) is 3.74. The molecular weight excluding hydrogens is 256 g/mol. The molecule has 6 nitrogen and oxygen atoms in total. The molecule has 1 unspecified atom stereocenters. The van der Waals surface area contributed by atoms with E-state index in [1.54, 1.807) is 0 Å². The van der Waals surface area contributed by atoms with Crippen molar-refractivity contribution in [1.82, 2.24) is 19.9 Å². The van der Waals surface area contributed by atoms with Gasteiger partial charge in [0.1, 0.15) is 0 Å². The molecule has 0 N–H and O–H groups in total. The smallest absolute Gasteiger partial charge is 0.240 e. The highest BCUT2D eigenvalue weighted by molar-refractivity contribution is 5.81. The van der Waals surface area contributed by atoms with E-state index in [9.17, 15) is 4.79 Å². The first-order valence-electron chi connectivity index (χ1n) is 7.41. The Morgan fingerprint density at radius 3 is 2.90 bits per heavy atom. The molecule has 3 rings (SSSR count). The summed E-state index contributed by atoms with van der Waals surface area (Å²) in [4.78, 5) is 20.7. The van der Waals surface area contributed by atoms with Crippen LogP contribution in [0.15, 0.2) is 4.52 Å². The maximum atomic E-state index is 12.1. The van der Waals surface area contributed by atoms with Gasteiger partial charge in [0.15, 0.2) is 5.82 Å². The Balaban J connectivity index is 1.56. The normalized spacial score (nSPS) is 23.8. The number of piperidine rings is 1. The molecule has 20 heavy (non-hydrogen) atoms. The van der Waals surface area contributed by atoms with Crippen molar-refractivity contribution in [3.63, 3.8) is 0 Å². The van der Waals surface area contributed by atoms with Crippen LogP contribution in [0.2, 0.25) is 0 Å². The molecule has 110 valence electrons. The molecule has 0 radical (unpaired) electrons. The number of likely N-dealkylation sites (N-methyl/N-ethyl adjacent to an activating group) is 1. The molecule has 0 aromatic carbocycles. The highest BCUT2D eigenvalue weighted by atomic mass is 16.5. The number of hydrogen-bond acceptors (Lipinski definition) is 5. The minimum Gasteiger partial charge on any atom is -0.341 e. The summed E-state index contributed by atoms with van der Waals surface area (Å²) in [5.41, 5.74) is 0. The quantitative estimate of drug-likeness (QED) is 0.828. The summed E-state index contributed by atoms with van der Waals surface area (Å²) in [5, 5.41) is 3.82. The molecule has 1 saturated heterocycles. The number of carbonyl (C=O) groups excluding carboxylic acids is 1. The SMILES string of the molecule is Cc1noc(CN2CCCC(N(C)C(=O)C3CC3)C2)n1. The predicted octanol–water partition coefficient (Wildman–Crippen LogP) is 1.21.